The fourth-order valence-electron chi connectivity index (χ4n) is 2.51. The second-order valence-corrected chi connectivity index (χ2v) is 5.97. The summed E-state index contributed by atoms with van der Waals surface area (Å²) in [5.74, 6) is -0.0744. The second-order valence-electron chi connectivity index (χ2n) is 5.02. The minimum atomic E-state index is -0.796. The van der Waals surface area contributed by atoms with Gasteiger partial charge in [0.1, 0.15) is 0 Å². The number of carboxylic acids is 1. The Balaban J connectivity index is 1.99. The predicted molar refractivity (Wildman–Crippen MR) is 75.5 cm³/mol. The van der Waals surface area contributed by atoms with Crippen LogP contribution in [0.4, 0.5) is 0 Å². The molecular weight excluding hydrogens is 262 g/mol. The average Bonchev–Trinajstić information content (AvgIpc) is 2.96. The van der Waals surface area contributed by atoms with Gasteiger partial charge < -0.3 is 14.6 Å². The molecule has 1 aliphatic rings. The molecule has 0 spiro atoms. The number of thioether (sulfide) groups is 1. The Morgan fingerprint density at radius 1 is 1.63 bits per heavy atom. The van der Waals surface area contributed by atoms with E-state index in [9.17, 15) is 4.79 Å². The number of aliphatic carboxylic acids is 1. The number of hydrogen-bond donors (Lipinski definition) is 1. The van der Waals surface area contributed by atoms with Gasteiger partial charge >= 0.3 is 5.97 Å². The van der Waals surface area contributed by atoms with Gasteiger partial charge in [0.05, 0.1) is 5.75 Å². The molecule has 0 amide bonds. The van der Waals surface area contributed by atoms with Crippen LogP contribution in [0.5, 0.6) is 0 Å². The summed E-state index contributed by atoms with van der Waals surface area (Å²) in [5, 5.41) is 9.59. The van der Waals surface area contributed by atoms with E-state index < -0.39 is 5.97 Å². The lowest BCUT2D eigenvalue weighted by Gasteiger charge is -2.16. The molecule has 1 saturated heterocycles. The topological polar surface area (TPSA) is 58.4 Å². The molecule has 5 nitrogen and oxygen atoms in total. The molecule has 1 aliphatic heterocycles. The second kappa shape index (κ2) is 6.43. The van der Waals surface area contributed by atoms with E-state index in [1.165, 1.54) is 24.7 Å². The lowest BCUT2D eigenvalue weighted by molar-refractivity contribution is -0.133. The van der Waals surface area contributed by atoms with E-state index in [2.05, 4.69) is 21.4 Å². The molecule has 0 radical (unpaired) electrons. The third-order valence-electron chi connectivity index (χ3n) is 3.60. The zero-order chi connectivity index (χ0) is 13.8. The smallest absolute Gasteiger partial charge is 0.313 e. The molecule has 19 heavy (non-hydrogen) atoms. The SMILES string of the molecule is CCN1CCC(Cn2c(C)cnc2SCC(=O)O)C1. The van der Waals surface area contributed by atoms with E-state index >= 15 is 0 Å². The summed E-state index contributed by atoms with van der Waals surface area (Å²) in [6.45, 7) is 8.59. The van der Waals surface area contributed by atoms with Crippen molar-refractivity contribution in [1.29, 1.82) is 0 Å². The molecule has 0 aliphatic carbocycles. The van der Waals surface area contributed by atoms with Gasteiger partial charge in [-0.25, -0.2) is 4.98 Å². The molecule has 0 aromatic carbocycles. The molecule has 6 heteroatoms. The van der Waals surface area contributed by atoms with Gasteiger partial charge in [-0.15, -0.1) is 0 Å². The Morgan fingerprint density at radius 2 is 2.42 bits per heavy atom. The van der Waals surface area contributed by atoms with Crippen molar-refractivity contribution in [2.24, 2.45) is 5.92 Å². The van der Waals surface area contributed by atoms with Crippen LogP contribution in [0, 0.1) is 12.8 Å². The van der Waals surface area contributed by atoms with Crippen molar-refractivity contribution < 1.29 is 9.90 Å². The molecule has 2 heterocycles. The predicted octanol–water partition coefficient (Wildman–Crippen LogP) is 1.71. The highest BCUT2D eigenvalue weighted by atomic mass is 32.2. The van der Waals surface area contributed by atoms with E-state index in [1.807, 2.05) is 13.1 Å². The van der Waals surface area contributed by atoms with E-state index in [0.29, 0.717) is 5.92 Å². The number of rotatable bonds is 6. The molecule has 1 aromatic heterocycles. The van der Waals surface area contributed by atoms with Crippen LogP contribution in [0.25, 0.3) is 0 Å². The fraction of sp³-hybridized carbons (Fsp3) is 0.692. The van der Waals surface area contributed by atoms with Crippen molar-refractivity contribution in [3.05, 3.63) is 11.9 Å². The van der Waals surface area contributed by atoms with E-state index in [-0.39, 0.29) is 5.75 Å². The maximum Gasteiger partial charge on any atom is 0.313 e. The summed E-state index contributed by atoms with van der Waals surface area (Å²) in [4.78, 5) is 17.4. The highest BCUT2D eigenvalue weighted by molar-refractivity contribution is 7.99. The highest BCUT2D eigenvalue weighted by Crippen LogP contribution is 2.23. The van der Waals surface area contributed by atoms with Gasteiger partial charge in [0.25, 0.3) is 0 Å². The van der Waals surface area contributed by atoms with Crippen LogP contribution in [-0.2, 0) is 11.3 Å². The third-order valence-corrected chi connectivity index (χ3v) is 4.58. The molecule has 1 aromatic rings. The quantitative estimate of drug-likeness (QED) is 0.805. The number of hydrogen-bond acceptors (Lipinski definition) is 4. The standard InChI is InChI=1S/C13H21N3O2S/c1-3-15-5-4-11(7-15)8-16-10(2)6-14-13(16)19-9-12(17)18/h6,11H,3-5,7-9H2,1-2H3,(H,17,18). The Bertz CT molecular complexity index is 447. The lowest BCUT2D eigenvalue weighted by Crippen LogP contribution is -2.21. The summed E-state index contributed by atoms with van der Waals surface area (Å²) in [7, 11) is 0. The van der Waals surface area contributed by atoms with Crippen LogP contribution < -0.4 is 0 Å². The van der Waals surface area contributed by atoms with Crippen molar-refractivity contribution in [2.45, 2.75) is 32.0 Å². The number of nitrogens with zero attached hydrogens (tertiary/aromatic N) is 3. The van der Waals surface area contributed by atoms with Crippen molar-refractivity contribution in [3.8, 4) is 0 Å². The first-order chi connectivity index (χ1) is 9.10. The first kappa shape index (κ1) is 14.4. The summed E-state index contributed by atoms with van der Waals surface area (Å²) < 4.78 is 2.16. The van der Waals surface area contributed by atoms with Crippen LogP contribution in [0.3, 0.4) is 0 Å². The van der Waals surface area contributed by atoms with Crippen molar-refractivity contribution in [2.75, 3.05) is 25.4 Å². The fourth-order valence-corrected chi connectivity index (χ4v) is 3.26. The molecule has 1 fully saturated rings. The number of carboxylic acid groups (broad SMARTS) is 1. The summed E-state index contributed by atoms with van der Waals surface area (Å²) in [6.07, 6.45) is 3.05. The van der Waals surface area contributed by atoms with Crippen LogP contribution >= 0.6 is 11.8 Å². The summed E-state index contributed by atoms with van der Waals surface area (Å²) in [6, 6.07) is 0. The van der Waals surface area contributed by atoms with Crippen molar-refractivity contribution in [1.82, 2.24) is 14.5 Å². The first-order valence-electron chi connectivity index (χ1n) is 6.69. The summed E-state index contributed by atoms with van der Waals surface area (Å²) >= 11 is 1.30. The average molecular weight is 283 g/mol. The normalized spacial score (nSPS) is 20.0. The number of aromatic nitrogens is 2. The lowest BCUT2D eigenvalue weighted by atomic mass is 10.1. The maximum atomic E-state index is 10.7. The van der Waals surface area contributed by atoms with Crippen LogP contribution in [-0.4, -0.2) is 50.9 Å². The van der Waals surface area contributed by atoms with Gasteiger partial charge in [-0.05, 0) is 32.4 Å². The monoisotopic (exact) mass is 283 g/mol. The molecule has 1 atom stereocenters. The van der Waals surface area contributed by atoms with Gasteiger partial charge in [0.15, 0.2) is 5.16 Å². The van der Waals surface area contributed by atoms with Crippen LogP contribution in [0.1, 0.15) is 19.0 Å². The molecule has 0 saturated carbocycles. The minimum Gasteiger partial charge on any atom is -0.481 e. The molecule has 0 bridgehead atoms. The first-order valence-corrected chi connectivity index (χ1v) is 7.67. The molecule has 1 N–H and O–H groups in total. The molecular formula is C13H21N3O2S. The van der Waals surface area contributed by atoms with Crippen LogP contribution in [0.2, 0.25) is 0 Å². The number of imidazole rings is 1. The Morgan fingerprint density at radius 3 is 3.05 bits per heavy atom. The van der Waals surface area contributed by atoms with Crippen molar-refractivity contribution in [3.63, 3.8) is 0 Å². The zero-order valence-corrected chi connectivity index (χ0v) is 12.3. The van der Waals surface area contributed by atoms with Gasteiger partial charge in [-0.2, -0.15) is 0 Å². The Hall–Kier alpha value is -1.01. The van der Waals surface area contributed by atoms with Gasteiger partial charge in [-0.1, -0.05) is 18.7 Å². The number of aryl methyl sites for hydroxylation is 1. The van der Waals surface area contributed by atoms with E-state index in [4.69, 9.17) is 5.11 Å². The van der Waals surface area contributed by atoms with Gasteiger partial charge in [0.2, 0.25) is 0 Å². The zero-order valence-electron chi connectivity index (χ0n) is 11.5. The number of carbonyl (C=O) groups is 1. The summed E-state index contributed by atoms with van der Waals surface area (Å²) in [5.41, 5.74) is 1.11. The molecule has 2 rings (SSSR count). The van der Waals surface area contributed by atoms with Gasteiger partial charge in [-0.3, -0.25) is 4.79 Å². The van der Waals surface area contributed by atoms with Gasteiger partial charge in [0, 0.05) is 25.0 Å². The highest BCUT2D eigenvalue weighted by Gasteiger charge is 2.23. The third kappa shape index (κ3) is 3.73. The molecule has 1 unspecified atom stereocenters. The van der Waals surface area contributed by atoms with E-state index in [0.717, 1.165) is 30.5 Å². The molecule has 106 valence electrons. The minimum absolute atomic E-state index is 0.0716. The Kier molecular flexibility index (Phi) is 4.87. The number of likely N-dealkylation sites (tertiary alicyclic amines) is 1. The van der Waals surface area contributed by atoms with E-state index in [1.54, 1.807) is 0 Å². The van der Waals surface area contributed by atoms with Crippen LogP contribution in [0.15, 0.2) is 11.4 Å². The Labute approximate surface area is 118 Å². The maximum absolute atomic E-state index is 10.7. The van der Waals surface area contributed by atoms with Crippen molar-refractivity contribution >= 4 is 17.7 Å². The largest absolute Gasteiger partial charge is 0.481 e.